The summed E-state index contributed by atoms with van der Waals surface area (Å²) in [4.78, 5) is 26.9. The van der Waals surface area contributed by atoms with Crippen LogP contribution in [0.5, 0.6) is 0 Å². The van der Waals surface area contributed by atoms with Crippen molar-refractivity contribution in [3.63, 3.8) is 0 Å². The van der Waals surface area contributed by atoms with Crippen LogP contribution in [0.1, 0.15) is 30.5 Å². The van der Waals surface area contributed by atoms with Gasteiger partial charge in [-0.1, -0.05) is 60.2 Å². The number of nitrogens with one attached hydrogen (secondary N) is 1. The Bertz CT molecular complexity index is 728. The molecule has 0 spiro atoms. The fraction of sp³-hybridized carbons (Fsp3) is 0.364. The molecule has 0 radical (unpaired) electrons. The Balaban J connectivity index is 2.12. The maximum absolute atomic E-state index is 12.9. The number of carbonyl (C=O) groups excluding carboxylic acids is 2. The van der Waals surface area contributed by atoms with Crippen molar-refractivity contribution in [2.24, 2.45) is 0 Å². The van der Waals surface area contributed by atoms with Gasteiger partial charge in [-0.2, -0.15) is 0 Å². The number of likely N-dealkylation sites (N-methyl/N-ethyl adjacent to an activating group) is 1. The lowest BCUT2D eigenvalue weighted by molar-refractivity contribution is -0.139. The van der Waals surface area contributed by atoms with Crippen molar-refractivity contribution in [1.29, 1.82) is 0 Å². The van der Waals surface area contributed by atoms with Gasteiger partial charge in [0.25, 0.3) is 0 Å². The quantitative estimate of drug-likeness (QED) is 0.793. The van der Waals surface area contributed by atoms with Crippen LogP contribution < -0.4 is 5.32 Å². The van der Waals surface area contributed by atoms with E-state index >= 15 is 0 Å². The van der Waals surface area contributed by atoms with Crippen LogP contribution in [-0.4, -0.2) is 35.8 Å². The molecule has 0 saturated carbocycles. The summed E-state index contributed by atoms with van der Waals surface area (Å²) < 4.78 is 0. The standard InChI is InChI=1S/C22H28N2O2/c1-4-23-22(26)18(3)24(14-13-19-10-6-5-7-11-19)21(25)16-20-12-8-9-17(2)15-20/h5-12,15,18H,4,13-14,16H2,1-3H3,(H,23,26)/t18-/m0/s1. The minimum absolute atomic E-state index is 0.0229. The van der Waals surface area contributed by atoms with E-state index in [-0.39, 0.29) is 11.8 Å². The second kappa shape index (κ2) is 9.76. The molecule has 4 heteroatoms. The van der Waals surface area contributed by atoms with Crippen LogP contribution >= 0.6 is 0 Å². The van der Waals surface area contributed by atoms with Gasteiger partial charge < -0.3 is 10.2 Å². The lowest BCUT2D eigenvalue weighted by Gasteiger charge is -2.28. The molecule has 0 unspecified atom stereocenters. The van der Waals surface area contributed by atoms with Gasteiger partial charge in [0, 0.05) is 13.1 Å². The molecule has 0 bridgehead atoms. The number of aryl methyl sites for hydroxylation is 1. The molecule has 26 heavy (non-hydrogen) atoms. The first-order chi connectivity index (χ1) is 12.5. The number of hydrogen-bond acceptors (Lipinski definition) is 2. The summed E-state index contributed by atoms with van der Waals surface area (Å²) in [6, 6.07) is 17.5. The highest BCUT2D eigenvalue weighted by Crippen LogP contribution is 2.11. The van der Waals surface area contributed by atoms with E-state index in [1.54, 1.807) is 11.8 Å². The lowest BCUT2D eigenvalue weighted by atomic mass is 10.1. The Morgan fingerprint density at radius 1 is 1.04 bits per heavy atom. The number of benzene rings is 2. The maximum atomic E-state index is 12.9. The van der Waals surface area contributed by atoms with Gasteiger partial charge in [0.05, 0.1) is 6.42 Å². The van der Waals surface area contributed by atoms with Gasteiger partial charge in [-0.25, -0.2) is 0 Å². The first-order valence-corrected chi connectivity index (χ1v) is 9.18. The van der Waals surface area contributed by atoms with Crippen molar-refractivity contribution < 1.29 is 9.59 Å². The van der Waals surface area contributed by atoms with Gasteiger partial charge in [-0.05, 0) is 38.3 Å². The number of rotatable bonds is 8. The first kappa shape index (κ1) is 19.7. The number of amides is 2. The van der Waals surface area contributed by atoms with Crippen LogP contribution in [0.4, 0.5) is 0 Å². The van der Waals surface area contributed by atoms with Gasteiger partial charge in [0.15, 0.2) is 0 Å². The van der Waals surface area contributed by atoms with E-state index in [0.717, 1.165) is 23.1 Å². The Morgan fingerprint density at radius 3 is 2.38 bits per heavy atom. The maximum Gasteiger partial charge on any atom is 0.242 e. The molecule has 0 heterocycles. The van der Waals surface area contributed by atoms with E-state index in [4.69, 9.17) is 0 Å². The zero-order chi connectivity index (χ0) is 18.9. The van der Waals surface area contributed by atoms with Gasteiger partial charge >= 0.3 is 0 Å². The summed E-state index contributed by atoms with van der Waals surface area (Å²) in [5.74, 6) is -0.136. The van der Waals surface area contributed by atoms with E-state index in [2.05, 4.69) is 5.32 Å². The summed E-state index contributed by atoms with van der Waals surface area (Å²) in [5.41, 5.74) is 3.26. The predicted molar refractivity (Wildman–Crippen MR) is 105 cm³/mol. The largest absolute Gasteiger partial charge is 0.355 e. The number of carbonyl (C=O) groups is 2. The third kappa shape index (κ3) is 5.73. The molecular formula is C22H28N2O2. The average Bonchev–Trinajstić information content (AvgIpc) is 2.62. The van der Waals surface area contributed by atoms with E-state index in [1.165, 1.54) is 0 Å². The third-order valence-electron chi connectivity index (χ3n) is 4.44. The minimum atomic E-state index is -0.490. The highest BCUT2D eigenvalue weighted by atomic mass is 16.2. The molecule has 0 aliphatic carbocycles. The molecule has 1 N–H and O–H groups in total. The minimum Gasteiger partial charge on any atom is -0.355 e. The third-order valence-corrected chi connectivity index (χ3v) is 4.44. The highest BCUT2D eigenvalue weighted by molar-refractivity contribution is 5.88. The van der Waals surface area contributed by atoms with Gasteiger partial charge in [-0.15, -0.1) is 0 Å². The SMILES string of the molecule is CCNC(=O)[C@H](C)N(CCc1ccccc1)C(=O)Cc1cccc(C)c1. The molecule has 0 saturated heterocycles. The van der Waals surface area contributed by atoms with Crippen LogP contribution in [0.25, 0.3) is 0 Å². The van der Waals surface area contributed by atoms with Crippen molar-refractivity contribution in [3.05, 3.63) is 71.3 Å². The van der Waals surface area contributed by atoms with E-state index in [0.29, 0.717) is 19.5 Å². The molecule has 1 atom stereocenters. The molecule has 138 valence electrons. The van der Waals surface area contributed by atoms with E-state index in [1.807, 2.05) is 68.4 Å². The molecule has 0 fully saturated rings. The Morgan fingerprint density at radius 2 is 1.73 bits per heavy atom. The van der Waals surface area contributed by atoms with Crippen molar-refractivity contribution in [2.45, 2.75) is 39.7 Å². The summed E-state index contributed by atoms with van der Waals surface area (Å²) in [7, 11) is 0. The molecule has 2 rings (SSSR count). The Labute approximate surface area is 156 Å². The summed E-state index contributed by atoms with van der Waals surface area (Å²) in [5, 5.41) is 2.82. The zero-order valence-corrected chi connectivity index (χ0v) is 15.9. The summed E-state index contributed by atoms with van der Waals surface area (Å²) in [6.07, 6.45) is 1.03. The molecule has 0 aromatic heterocycles. The summed E-state index contributed by atoms with van der Waals surface area (Å²) >= 11 is 0. The second-order valence-electron chi connectivity index (χ2n) is 6.56. The first-order valence-electron chi connectivity index (χ1n) is 9.18. The fourth-order valence-electron chi connectivity index (χ4n) is 2.99. The second-order valence-corrected chi connectivity index (χ2v) is 6.56. The van der Waals surface area contributed by atoms with Gasteiger partial charge in [0.1, 0.15) is 6.04 Å². The topological polar surface area (TPSA) is 49.4 Å². The normalized spacial score (nSPS) is 11.7. The molecule has 2 aromatic rings. The molecule has 0 aliphatic heterocycles. The van der Waals surface area contributed by atoms with Crippen LogP contribution in [-0.2, 0) is 22.4 Å². The van der Waals surface area contributed by atoms with Crippen molar-refractivity contribution in [3.8, 4) is 0 Å². The van der Waals surface area contributed by atoms with Gasteiger partial charge in [0.2, 0.25) is 11.8 Å². The van der Waals surface area contributed by atoms with Crippen molar-refractivity contribution in [2.75, 3.05) is 13.1 Å². The van der Waals surface area contributed by atoms with Crippen LogP contribution in [0.15, 0.2) is 54.6 Å². The number of nitrogens with zero attached hydrogens (tertiary/aromatic N) is 1. The van der Waals surface area contributed by atoms with Crippen LogP contribution in [0.3, 0.4) is 0 Å². The van der Waals surface area contributed by atoms with Crippen molar-refractivity contribution in [1.82, 2.24) is 10.2 Å². The van der Waals surface area contributed by atoms with Crippen molar-refractivity contribution >= 4 is 11.8 Å². The summed E-state index contributed by atoms with van der Waals surface area (Å²) in [6.45, 7) is 6.77. The van der Waals surface area contributed by atoms with Crippen LogP contribution in [0, 0.1) is 6.92 Å². The average molecular weight is 352 g/mol. The van der Waals surface area contributed by atoms with Crippen LogP contribution in [0.2, 0.25) is 0 Å². The smallest absolute Gasteiger partial charge is 0.242 e. The predicted octanol–water partition coefficient (Wildman–Crippen LogP) is 3.13. The molecule has 4 nitrogen and oxygen atoms in total. The number of hydrogen-bond donors (Lipinski definition) is 1. The monoisotopic (exact) mass is 352 g/mol. The molecule has 0 aliphatic rings. The molecular weight excluding hydrogens is 324 g/mol. The molecule has 2 aromatic carbocycles. The highest BCUT2D eigenvalue weighted by Gasteiger charge is 2.25. The van der Waals surface area contributed by atoms with E-state index < -0.39 is 6.04 Å². The van der Waals surface area contributed by atoms with E-state index in [9.17, 15) is 9.59 Å². The van der Waals surface area contributed by atoms with Gasteiger partial charge in [-0.3, -0.25) is 9.59 Å². The Hall–Kier alpha value is -2.62. The lowest BCUT2D eigenvalue weighted by Crippen LogP contribution is -2.49. The zero-order valence-electron chi connectivity index (χ0n) is 15.9. The Kier molecular flexibility index (Phi) is 7.39. The fourth-order valence-corrected chi connectivity index (χ4v) is 2.99. The molecule has 2 amide bonds.